The van der Waals surface area contributed by atoms with Gasteiger partial charge in [0.1, 0.15) is 6.33 Å². The van der Waals surface area contributed by atoms with Crippen molar-refractivity contribution in [2.24, 2.45) is 0 Å². The van der Waals surface area contributed by atoms with Gasteiger partial charge in [-0.1, -0.05) is 24.8 Å². The van der Waals surface area contributed by atoms with E-state index in [1.54, 1.807) is 11.8 Å². The largest absolute Gasteiger partial charge is 0.382 e. The molecular formula is C22H26N6OS. The molecule has 5 rings (SSSR count). The Hall–Kier alpha value is -2.61. The molecular weight excluding hydrogens is 396 g/mol. The van der Waals surface area contributed by atoms with Gasteiger partial charge in [-0.3, -0.25) is 4.79 Å². The van der Waals surface area contributed by atoms with Gasteiger partial charge in [0, 0.05) is 23.9 Å². The van der Waals surface area contributed by atoms with E-state index in [4.69, 9.17) is 10.7 Å². The molecule has 3 N–H and O–H groups in total. The average molecular weight is 423 g/mol. The van der Waals surface area contributed by atoms with Crippen LogP contribution in [0.5, 0.6) is 0 Å². The van der Waals surface area contributed by atoms with Crippen LogP contribution in [0.25, 0.3) is 11.2 Å². The number of aryl methyl sites for hydroxylation is 4. The number of anilines is 1. The smallest absolute Gasteiger partial charge is 0.222 e. The number of carbonyl (C=O) groups excluding carboxylic acids is 1. The van der Waals surface area contributed by atoms with Crippen molar-refractivity contribution in [2.75, 3.05) is 5.73 Å². The molecule has 0 aliphatic heterocycles. The Morgan fingerprint density at radius 1 is 1.27 bits per heavy atom. The second-order valence-electron chi connectivity index (χ2n) is 8.11. The molecule has 0 spiro atoms. The van der Waals surface area contributed by atoms with Crippen LogP contribution in [0.15, 0.2) is 28.5 Å². The van der Waals surface area contributed by atoms with Crippen LogP contribution < -0.4 is 11.1 Å². The normalized spacial score (nSPS) is 15.5. The van der Waals surface area contributed by atoms with Crippen molar-refractivity contribution in [1.82, 2.24) is 24.8 Å². The number of fused-ring (bicyclic) bond motifs is 2. The molecule has 2 aliphatic carbocycles. The molecule has 2 aliphatic rings. The van der Waals surface area contributed by atoms with Crippen LogP contribution in [-0.2, 0) is 30.6 Å². The number of nitrogens with zero attached hydrogens (tertiary/aromatic N) is 4. The highest BCUT2D eigenvalue weighted by atomic mass is 32.2. The van der Waals surface area contributed by atoms with Gasteiger partial charge in [-0.25, -0.2) is 15.0 Å². The molecule has 30 heavy (non-hydrogen) atoms. The number of rotatable bonds is 7. The Kier molecular flexibility index (Phi) is 5.10. The highest BCUT2D eigenvalue weighted by Crippen LogP contribution is 2.36. The monoisotopic (exact) mass is 422 g/mol. The summed E-state index contributed by atoms with van der Waals surface area (Å²) in [5.41, 5.74) is 11.6. The minimum Gasteiger partial charge on any atom is -0.382 e. The molecule has 1 amide bonds. The number of nitrogens with two attached hydrogens (primary N) is 1. The summed E-state index contributed by atoms with van der Waals surface area (Å²) in [6.07, 6.45) is 8.54. The molecule has 8 heteroatoms. The first kappa shape index (κ1) is 19.4. The van der Waals surface area contributed by atoms with Crippen LogP contribution in [0.1, 0.15) is 49.3 Å². The van der Waals surface area contributed by atoms with Gasteiger partial charge in [0.25, 0.3) is 0 Å². The van der Waals surface area contributed by atoms with Crippen molar-refractivity contribution in [1.29, 1.82) is 0 Å². The SMILES string of the molecule is CCc1cc2c(cc1Sc1nc3c(N)ncnc3n1CCC(=O)NC1CC1)CCC2. The quantitative estimate of drug-likeness (QED) is 0.606. The molecule has 0 saturated heterocycles. The summed E-state index contributed by atoms with van der Waals surface area (Å²) in [6.45, 7) is 2.70. The zero-order valence-electron chi connectivity index (χ0n) is 17.1. The highest BCUT2D eigenvalue weighted by Gasteiger charge is 2.24. The molecule has 7 nitrogen and oxygen atoms in total. The number of aromatic nitrogens is 4. The first-order valence-electron chi connectivity index (χ1n) is 10.7. The first-order chi connectivity index (χ1) is 14.6. The van der Waals surface area contributed by atoms with Crippen LogP contribution in [0.2, 0.25) is 0 Å². The van der Waals surface area contributed by atoms with E-state index in [0.29, 0.717) is 36.0 Å². The number of hydrogen-bond donors (Lipinski definition) is 2. The predicted octanol–water partition coefficient (Wildman–Crippen LogP) is 3.28. The molecule has 0 unspecified atom stereocenters. The number of hydrogen-bond acceptors (Lipinski definition) is 6. The Bertz CT molecular complexity index is 1120. The van der Waals surface area contributed by atoms with Crippen LogP contribution in [0.3, 0.4) is 0 Å². The van der Waals surface area contributed by atoms with Gasteiger partial charge in [-0.2, -0.15) is 0 Å². The van der Waals surface area contributed by atoms with E-state index in [1.165, 1.54) is 40.8 Å². The Morgan fingerprint density at radius 3 is 2.83 bits per heavy atom. The van der Waals surface area contributed by atoms with E-state index in [2.05, 4.69) is 34.3 Å². The maximum absolute atomic E-state index is 12.3. The lowest BCUT2D eigenvalue weighted by Crippen LogP contribution is -2.26. The molecule has 1 fully saturated rings. The zero-order valence-corrected chi connectivity index (χ0v) is 18.0. The predicted molar refractivity (Wildman–Crippen MR) is 117 cm³/mol. The van der Waals surface area contributed by atoms with Crippen molar-refractivity contribution in [2.45, 2.75) is 74.5 Å². The molecule has 0 atom stereocenters. The van der Waals surface area contributed by atoms with E-state index in [-0.39, 0.29) is 5.91 Å². The lowest BCUT2D eigenvalue weighted by atomic mass is 10.0. The molecule has 0 radical (unpaired) electrons. The van der Waals surface area contributed by atoms with Gasteiger partial charge in [0.2, 0.25) is 5.91 Å². The third-order valence-electron chi connectivity index (χ3n) is 5.89. The summed E-state index contributed by atoms with van der Waals surface area (Å²) in [6, 6.07) is 5.04. The van der Waals surface area contributed by atoms with Gasteiger partial charge in [0.05, 0.1) is 0 Å². The number of imidazole rings is 1. The summed E-state index contributed by atoms with van der Waals surface area (Å²) < 4.78 is 2.01. The summed E-state index contributed by atoms with van der Waals surface area (Å²) in [5.74, 6) is 0.441. The molecule has 3 aromatic rings. The fraction of sp³-hybridized carbons (Fsp3) is 0.455. The Balaban J connectivity index is 1.49. The highest BCUT2D eigenvalue weighted by molar-refractivity contribution is 7.99. The van der Waals surface area contributed by atoms with Gasteiger partial charge in [-0.05, 0) is 61.3 Å². The van der Waals surface area contributed by atoms with E-state index in [9.17, 15) is 4.79 Å². The molecule has 2 heterocycles. The Labute approximate surface area is 179 Å². The number of nitrogens with one attached hydrogen (secondary N) is 1. The van der Waals surface area contributed by atoms with Gasteiger partial charge >= 0.3 is 0 Å². The first-order valence-corrected chi connectivity index (χ1v) is 11.5. The minimum atomic E-state index is 0.0732. The van der Waals surface area contributed by atoms with E-state index < -0.39 is 0 Å². The molecule has 1 aromatic carbocycles. The summed E-state index contributed by atoms with van der Waals surface area (Å²) in [5, 5.41) is 3.86. The van der Waals surface area contributed by atoms with Crippen LogP contribution in [0.4, 0.5) is 5.82 Å². The second kappa shape index (κ2) is 7.91. The van der Waals surface area contributed by atoms with Crippen LogP contribution in [0, 0.1) is 0 Å². The van der Waals surface area contributed by atoms with Crippen molar-refractivity contribution in [3.05, 3.63) is 35.2 Å². The van der Waals surface area contributed by atoms with Gasteiger partial charge in [0.15, 0.2) is 22.1 Å². The molecule has 1 saturated carbocycles. The lowest BCUT2D eigenvalue weighted by Gasteiger charge is -2.12. The average Bonchev–Trinajstić information content (AvgIpc) is 3.30. The van der Waals surface area contributed by atoms with Crippen LogP contribution in [-0.4, -0.2) is 31.5 Å². The summed E-state index contributed by atoms with van der Waals surface area (Å²) in [7, 11) is 0. The maximum Gasteiger partial charge on any atom is 0.222 e. The van der Waals surface area contributed by atoms with E-state index >= 15 is 0 Å². The number of nitrogen functional groups attached to an aromatic ring is 1. The fourth-order valence-corrected chi connectivity index (χ4v) is 5.23. The topological polar surface area (TPSA) is 98.7 Å². The third-order valence-corrected chi connectivity index (χ3v) is 6.98. The van der Waals surface area contributed by atoms with Crippen molar-refractivity contribution >= 4 is 34.7 Å². The zero-order chi connectivity index (χ0) is 20.7. The fourth-order valence-electron chi connectivity index (χ4n) is 4.08. The second-order valence-corrected chi connectivity index (χ2v) is 9.12. The minimum absolute atomic E-state index is 0.0732. The third kappa shape index (κ3) is 3.76. The summed E-state index contributed by atoms with van der Waals surface area (Å²) in [4.78, 5) is 26.8. The summed E-state index contributed by atoms with van der Waals surface area (Å²) >= 11 is 1.64. The van der Waals surface area contributed by atoms with Crippen molar-refractivity contribution < 1.29 is 4.79 Å². The Morgan fingerprint density at radius 2 is 2.07 bits per heavy atom. The number of benzene rings is 1. The number of carbonyl (C=O) groups is 1. The molecule has 2 aromatic heterocycles. The molecule has 156 valence electrons. The van der Waals surface area contributed by atoms with Crippen LogP contribution >= 0.6 is 11.8 Å². The van der Waals surface area contributed by atoms with E-state index in [0.717, 1.165) is 30.8 Å². The van der Waals surface area contributed by atoms with E-state index in [1.807, 2.05) is 4.57 Å². The standard InChI is InChI=1S/C22H26N6OS/c1-2-13-10-14-4-3-5-15(14)11-17(13)30-22-27-19-20(23)24-12-25-21(19)28(22)9-8-18(29)26-16-6-7-16/h10-12,16H,2-9H2,1H3,(H,26,29)(H2,23,24,25). The van der Waals surface area contributed by atoms with Crippen molar-refractivity contribution in [3.8, 4) is 0 Å². The number of amides is 1. The maximum atomic E-state index is 12.3. The molecule has 0 bridgehead atoms. The lowest BCUT2D eigenvalue weighted by molar-refractivity contribution is -0.121. The van der Waals surface area contributed by atoms with Gasteiger partial charge < -0.3 is 15.6 Å². The van der Waals surface area contributed by atoms with Crippen molar-refractivity contribution in [3.63, 3.8) is 0 Å². The van der Waals surface area contributed by atoms with Gasteiger partial charge in [-0.15, -0.1) is 0 Å².